The molecule has 0 saturated carbocycles. The number of nitro groups is 1. The van der Waals surface area contributed by atoms with Crippen LogP contribution in [0.3, 0.4) is 0 Å². The summed E-state index contributed by atoms with van der Waals surface area (Å²) in [5, 5.41) is 18.2. The van der Waals surface area contributed by atoms with Crippen LogP contribution >= 0.6 is 0 Å². The van der Waals surface area contributed by atoms with Crippen LogP contribution in [0, 0.1) is 10.1 Å². The Morgan fingerprint density at radius 3 is 2.79 bits per heavy atom. The van der Waals surface area contributed by atoms with Crippen molar-refractivity contribution in [1.82, 2.24) is 19.7 Å². The number of anilines is 2. The van der Waals surface area contributed by atoms with Gasteiger partial charge in [0.05, 0.1) is 22.4 Å². The zero-order chi connectivity index (χ0) is 23.6. The molecule has 3 heterocycles. The van der Waals surface area contributed by atoms with Crippen molar-refractivity contribution in [1.29, 1.82) is 0 Å². The number of nitro benzene ring substituents is 1. The van der Waals surface area contributed by atoms with E-state index in [9.17, 15) is 28.1 Å². The number of halogens is 3. The quantitative estimate of drug-likeness (QED) is 0.454. The Kier molecular flexibility index (Phi) is 6.14. The minimum atomic E-state index is -4.58. The van der Waals surface area contributed by atoms with Gasteiger partial charge >= 0.3 is 6.18 Å². The molecule has 1 aromatic carbocycles. The first-order chi connectivity index (χ1) is 15.7. The Balaban J connectivity index is 1.74. The molecule has 1 amide bonds. The molecule has 4 rings (SSSR count). The molecule has 0 spiro atoms. The third kappa shape index (κ3) is 5.03. The van der Waals surface area contributed by atoms with E-state index in [4.69, 9.17) is 4.74 Å². The number of carbonyl (C=O) groups excluding carboxylic acids is 1. The van der Waals surface area contributed by atoms with Crippen LogP contribution < -0.4 is 5.32 Å². The van der Waals surface area contributed by atoms with Gasteiger partial charge in [-0.3, -0.25) is 24.6 Å². The summed E-state index contributed by atoms with van der Waals surface area (Å²) in [6, 6.07) is 6.95. The summed E-state index contributed by atoms with van der Waals surface area (Å²) in [5.74, 6) is -0.464. The molecule has 10 nitrogen and oxygen atoms in total. The van der Waals surface area contributed by atoms with Gasteiger partial charge in [0.2, 0.25) is 0 Å². The fourth-order valence-electron chi connectivity index (χ4n) is 3.55. The smallest absolute Gasteiger partial charge is 0.380 e. The standard InChI is InChI=1S/C20H19F3N6O4/c21-20(22,23)12-28-17-10-15(19(30)27-6-3-8-33-9-7-27)24-11-13(17)18(26-28)25-14-4-1-2-5-16(14)29(31)32/h1-2,4-5,10-11H,3,6-9,12H2,(H,25,26). The summed E-state index contributed by atoms with van der Waals surface area (Å²) >= 11 is 0. The number of amides is 1. The molecule has 1 fully saturated rings. The number of rotatable bonds is 5. The topological polar surface area (TPSA) is 115 Å². The van der Waals surface area contributed by atoms with E-state index in [-0.39, 0.29) is 33.8 Å². The monoisotopic (exact) mass is 464 g/mol. The molecule has 174 valence electrons. The number of para-hydroxylation sites is 2. The van der Waals surface area contributed by atoms with Gasteiger partial charge in [-0.15, -0.1) is 0 Å². The number of carbonyl (C=O) groups is 1. The van der Waals surface area contributed by atoms with Crippen LogP contribution in [0.25, 0.3) is 10.9 Å². The highest BCUT2D eigenvalue weighted by Crippen LogP contribution is 2.32. The maximum Gasteiger partial charge on any atom is 0.408 e. The molecule has 0 atom stereocenters. The second-order valence-corrected chi connectivity index (χ2v) is 7.37. The van der Waals surface area contributed by atoms with Crippen molar-refractivity contribution < 1.29 is 27.6 Å². The van der Waals surface area contributed by atoms with E-state index in [1.165, 1.54) is 35.4 Å². The molecule has 33 heavy (non-hydrogen) atoms. The molecule has 0 unspecified atom stereocenters. The first kappa shape index (κ1) is 22.5. The predicted octanol–water partition coefficient (Wildman–Crippen LogP) is 3.51. The van der Waals surface area contributed by atoms with Gasteiger partial charge in [0.15, 0.2) is 5.82 Å². The molecular weight excluding hydrogens is 445 g/mol. The molecule has 2 aromatic heterocycles. The predicted molar refractivity (Wildman–Crippen MR) is 111 cm³/mol. The van der Waals surface area contributed by atoms with Crippen molar-refractivity contribution in [3.63, 3.8) is 0 Å². The number of benzene rings is 1. The van der Waals surface area contributed by atoms with E-state index >= 15 is 0 Å². The van der Waals surface area contributed by atoms with Crippen molar-refractivity contribution in [2.45, 2.75) is 19.1 Å². The van der Waals surface area contributed by atoms with Gasteiger partial charge in [0, 0.05) is 32.0 Å². The van der Waals surface area contributed by atoms with E-state index in [1.54, 1.807) is 6.07 Å². The minimum Gasteiger partial charge on any atom is -0.380 e. The van der Waals surface area contributed by atoms with E-state index in [2.05, 4.69) is 15.4 Å². The Labute approximate surface area is 185 Å². The maximum absolute atomic E-state index is 13.2. The van der Waals surface area contributed by atoms with Crippen molar-refractivity contribution in [3.05, 3.63) is 52.3 Å². The normalized spacial score (nSPS) is 14.8. The van der Waals surface area contributed by atoms with Crippen LogP contribution in [0.1, 0.15) is 16.9 Å². The van der Waals surface area contributed by atoms with Gasteiger partial charge in [0.1, 0.15) is 17.9 Å². The number of ether oxygens (including phenoxy) is 1. The van der Waals surface area contributed by atoms with Crippen LogP contribution in [0.2, 0.25) is 0 Å². The Morgan fingerprint density at radius 1 is 1.24 bits per heavy atom. The van der Waals surface area contributed by atoms with E-state index in [0.29, 0.717) is 37.4 Å². The molecule has 1 aliphatic rings. The highest BCUT2D eigenvalue weighted by atomic mass is 19.4. The van der Waals surface area contributed by atoms with Gasteiger partial charge in [0.25, 0.3) is 11.6 Å². The highest BCUT2D eigenvalue weighted by Gasteiger charge is 2.31. The number of hydrogen-bond donors (Lipinski definition) is 1. The Morgan fingerprint density at radius 2 is 2.03 bits per heavy atom. The van der Waals surface area contributed by atoms with Gasteiger partial charge < -0.3 is 15.0 Å². The Hall–Kier alpha value is -3.74. The van der Waals surface area contributed by atoms with Gasteiger partial charge in [-0.1, -0.05) is 12.1 Å². The summed E-state index contributed by atoms with van der Waals surface area (Å²) in [6.45, 7) is 0.284. The number of nitrogens with one attached hydrogen (secondary N) is 1. The Bertz CT molecular complexity index is 1190. The average Bonchev–Trinajstić information content (AvgIpc) is 2.94. The highest BCUT2D eigenvalue weighted by molar-refractivity contribution is 5.99. The molecule has 1 N–H and O–H groups in total. The van der Waals surface area contributed by atoms with Crippen molar-refractivity contribution in [2.24, 2.45) is 0 Å². The maximum atomic E-state index is 13.2. The third-order valence-electron chi connectivity index (χ3n) is 5.05. The lowest BCUT2D eigenvalue weighted by Crippen LogP contribution is -2.33. The SMILES string of the molecule is O=C(c1cc2c(cn1)c(Nc1ccccc1[N+](=O)[O-])nn2CC(F)(F)F)N1CCCOCC1. The fraction of sp³-hybridized carbons (Fsp3) is 0.350. The lowest BCUT2D eigenvalue weighted by Gasteiger charge is -2.19. The summed E-state index contributed by atoms with van der Waals surface area (Å²) in [5.41, 5.74) is -0.201. The number of aromatic nitrogens is 3. The van der Waals surface area contributed by atoms with Gasteiger partial charge in [-0.05, 0) is 18.6 Å². The van der Waals surface area contributed by atoms with Crippen molar-refractivity contribution in [3.8, 4) is 0 Å². The van der Waals surface area contributed by atoms with Gasteiger partial charge in [-0.2, -0.15) is 18.3 Å². The first-order valence-corrected chi connectivity index (χ1v) is 10.0. The van der Waals surface area contributed by atoms with E-state index in [1.807, 2.05) is 0 Å². The third-order valence-corrected chi connectivity index (χ3v) is 5.05. The lowest BCUT2D eigenvalue weighted by molar-refractivity contribution is -0.383. The molecule has 1 saturated heterocycles. The van der Waals surface area contributed by atoms with Crippen molar-refractivity contribution >= 4 is 34.0 Å². The van der Waals surface area contributed by atoms with Crippen molar-refractivity contribution in [2.75, 3.05) is 31.6 Å². The van der Waals surface area contributed by atoms with Crippen LogP contribution in [0.5, 0.6) is 0 Å². The molecule has 13 heteroatoms. The number of hydrogen-bond acceptors (Lipinski definition) is 7. The largest absolute Gasteiger partial charge is 0.408 e. The molecule has 0 aliphatic carbocycles. The minimum absolute atomic E-state index is 0.0232. The summed E-state index contributed by atoms with van der Waals surface area (Å²) in [7, 11) is 0. The molecule has 0 bridgehead atoms. The number of pyridine rings is 1. The van der Waals surface area contributed by atoms with Crippen LogP contribution in [0.4, 0.5) is 30.4 Å². The summed E-state index contributed by atoms with van der Waals surface area (Å²) in [4.78, 5) is 29.2. The second-order valence-electron chi connectivity index (χ2n) is 7.37. The fourth-order valence-corrected chi connectivity index (χ4v) is 3.55. The van der Waals surface area contributed by atoms with Gasteiger partial charge in [-0.25, -0.2) is 0 Å². The number of alkyl halides is 3. The zero-order valence-corrected chi connectivity index (χ0v) is 17.2. The zero-order valence-electron chi connectivity index (χ0n) is 17.2. The van der Waals surface area contributed by atoms with E-state index in [0.717, 1.165) is 0 Å². The van der Waals surface area contributed by atoms with Crippen LogP contribution in [-0.4, -0.2) is 63.0 Å². The summed E-state index contributed by atoms with van der Waals surface area (Å²) in [6.07, 6.45) is -2.69. The molecule has 0 radical (unpaired) electrons. The van der Waals surface area contributed by atoms with E-state index < -0.39 is 23.6 Å². The molecule has 1 aliphatic heterocycles. The molecular formula is C20H19F3N6O4. The number of fused-ring (bicyclic) bond motifs is 1. The second kappa shape index (κ2) is 9.02. The first-order valence-electron chi connectivity index (χ1n) is 10.0. The molecule has 3 aromatic rings. The summed E-state index contributed by atoms with van der Waals surface area (Å²) < 4.78 is 45.6. The number of nitrogens with zero attached hydrogens (tertiary/aromatic N) is 5. The van der Waals surface area contributed by atoms with Crippen LogP contribution in [0.15, 0.2) is 36.5 Å². The lowest BCUT2D eigenvalue weighted by atomic mass is 10.2. The van der Waals surface area contributed by atoms with Crippen LogP contribution in [-0.2, 0) is 11.3 Å². The average molecular weight is 464 g/mol.